The van der Waals surface area contributed by atoms with Crippen LogP contribution in [0.15, 0.2) is 31.9 Å². The summed E-state index contributed by atoms with van der Waals surface area (Å²) in [6.45, 7) is 11.5. The van der Waals surface area contributed by atoms with Gasteiger partial charge in [-0.2, -0.15) is 0 Å². The SMILES string of the molecule is [C-]#[N+]/C(C(=O)OCCCC)=C1\Sc2c(C)ccc(OC(=O)C#CC(=O)OC)c2S1. The van der Waals surface area contributed by atoms with E-state index in [9.17, 15) is 14.4 Å². The van der Waals surface area contributed by atoms with Gasteiger partial charge in [-0.3, -0.25) is 4.79 Å². The molecule has 1 aliphatic rings. The topological polar surface area (TPSA) is 83.3 Å². The Morgan fingerprint density at radius 3 is 2.48 bits per heavy atom. The highest BCUT2D eigenvalue weighted by atomic mass is 32.2. The zero-order valence-corrected chi connectivity index (χ0v) is 17.6. The summed E-state index contributed by atoms with van der Waals surface area (Å²) in [6, 6.07) is 3.35. The number of methoxy groups -OCH3 is 1. The molecule has 0 fully saturated rings. The molecular formula is C20H17NO6S2. The van der Waals surface area contributed by atoms with Gasteiger partial charge in [0.05, 0.1) is 29.4 Å². The zero-order chi connectivity index (χ0) is 21.4. The molecule has 1 aromatic rings. The van der Waals surface area contributed by atoms with Gasteiger partial charge in [0.2, 0.25) is 0 Å². The predicted octanol–water partition coefficient (Wildman–Crippen LogP) is 3.71. The first-order chi connectivity index (χ1) is 13.9. The maximum Gasteiger partial charge on any atom is 0.390 e. The van der Waals surface area contributed by atoms with E-state index in [4.69, 9.17) is 16.0 Å². The summed E-state index contributed by atoms with van der Waals surface area (Å²) in [7, 11) is 1.15. The summed E-state index contributed by atoms with van der Waals surface area (Å²) in [6.07, 6.45) is 1.59. The molecule has 0 N–H and O–H groups in total. The molecule has 0 aliphatic carbocycles. The van der Waals surface area contributed by atoms with Crippen LogP contribution in [0, 0.1) is 25.3 Å². The number of fused-ring (bicyclic) bond motifs is 1. The quantitative estimate of drug-likeness (QED) is 0.133. The summed E-state index contributed by atoms with van der Waals surface area (Å²) < 4.78 is 15.2. The zero-order valence-electron chi connectivity index (χ0n) is 16.0. The second kappa shape index (κ2) is 10.6. The third-order valence-electron chi connectivity index (χ3n) is 3.55. The minimum absolute atomic E-state index is 0.102. The molecule has 0 radical (unpaired) electrons. The smallest absolute Gasteiger partial charge is 0.390 e. The third-order valence-corrected chi connectivity index (χ3v) is 6.27. The standard InChI is InChI=1S/C20H17NO6S2/c1-5-6-11-26-19(24)16(21-3)20-28-17-12(2)7-8-13(18(17)29-20)27-15(23)10-9-14(22)25-4/h7-8H,5-6,11H2,1-2,4H3/b20-16+. The Morgan fingerprint density at radius 1 is 1.14 bits per heavy atom. The lowest BCUT2D eigenvalue weighted by atomic mass is 10.2. The predicted molar refractivity (Wildman–Crippen MR) is 108 cm³/mol. The molecule has 0 amide bonds. The van der Waals surface area contributed by atoms with Gasteiger partial charge in [-0.15, -0.1) is 0 Å². The Labute approximate surface area is 177 Å². The number of hydrogen-bond donors (Lipinski definition) is 0. The molecule has 0 bridgehead atoms. The van der Waals surface area contributed by atoms with Crippen molar-refractivity contribution in [3.63, 3.8) is 0 Å². The molecule has 2 rings (SSSR count). The Hall–Kier alpha value is -2.88. The largest absolute Gasteiger partial charge is 0.471 e. The van der Waals surface area contributed by atoms with Gasteiger partial charge < -0.3 is 14.2 Å². The van der Waals surface area contributed by atoms with Crippen molar-refractivity contribution in [3.05, 3.63) is 39.0 Å². The van der Waals surface area contributed by atoms with E-state index in [0.29, 0.717) is 9.13 Å². The maximum absolute atomic E-state index is 12.2. The first kappa shape index (κ1) is 22.4. The van der Waals surface area contributed by atoms with Crippen molar-refractivity contribution < 1.29 is 28.6 Å². The average molecular weight is 431 g/mol. The van der Waals surface area contributed by atoms with Crippen LogP contribution in [0.5, 0.6) is 5.75 Å². The van der Waals surface area contributed by atoms with E-state index < -0.39 is 17.9 Å². The van der Waals surface area contributed by atoms with Gasteiger partial charge in [0.25, 0.3) is 5.70 Å². The Kier molecular flexibility index (Phi) is 8.20. The molecule has 0 spiro atoms. The van der Waals surface area contributed by atoms with Crippen LogP contribution in [0.3, 0.4) is 0 Å². The highest BCUT2D eigenvalue weighted by Crippen LogP contribution is 2.57. The fourth-order valence-corrected chi connectivity index (χ4v) is 4.71. The Morgan fingerprint density at radius 2 is 1.83 bits per heavy atom. The van der Waals surface area contributed by atoms with Crippen LogP contribution in [0.4, 0.5) is 0 Å². The van der Waals surface area contributed by atoms with Gasteiger partial charge in [0, 0.05) is 16.7 Å². The van der Waals surface area contributed by atoms with Crippen LogP contribution in [-0.2, 0) is 23.9 Å². The third kappa shape index (κ3) is 5.80. The molecule has 0 saturated heterocycles. The van der Waals surface area contributed by atoms with Crippen LogP contribution in [0.1, 0.15) is 25.3 Å². The van der Waals surface area contributed by atoms with Crippen molar-refractivity contribution in [1.29, 1.82) is 0 Å². The van der Waals surface area contributed by atoms with Crippen LogP contribution in [-0.4, -0.2) is 31.6 Å². The van der Waals surface area contributed by atoms with Gasteiger partial charge in [0.1, 0.15) is 5.75 Å². The summed E-state index contributed by atoms with van der Waals surface area (Å²) in [4.78, 5) is 39.9. The van der Waals surface area contributed by atoms with Crippen molar-refractivity contribution in [2.75, 3.05) is 13.7 Å². The number of carbonyl (C=O) groups excluding carboxylic acids is 3. The fraction of sp³-hybridized carbons (Fsp3) is 0.300. The average Bonchev–Trinajstić information content (AvgIpc) is 3.15. The van der Waals surface area contributed by atoms with Gasteiger partial charge in [0.15, 0.2) is 0 Å². The molecule has 29 heavy (non-hydrogen) atoms. The van der Waals surface area contributed by atoms with Gasteiger partial charge >= 0.3 is 17.9 Å². The number of benzene rings is 1. The van der Waals surface area contributed by atoms with Crippen LogP contribution in [0.2, 0.25) is 0 Å². The number of carbonyl (C=O) groups is 3. The Bertz CT molecular complexity index is 981. The van der Waals surface area contributed by atoms with E-state index in [1.807, 2.05) is 25.7 Å². The first-order valence-corrected chi connectivity index (χ1v) is 10.1. The van der Waals surface area contributed by atoms with Crippen LogP contribution < -0.4 is 4.74 Å². The minimum atomic E-state index is -0.922. The lowest BCUT2D eigenvalue weighted by Crippen LogP contribution is -2.07. The lowest BCUT2D eigenvalue weighted by Gasteiger charge is -2.07. The minimum Gasteiger partial charge on any atom is -0.471 e. The summed E-state index contributed by atoms with van der Waals surface area (Å²) in [5.41, 5.74) is 0.797. The maximum atomic E-state index is 12.2. The molecule has 1 aliphatic heterocycles. The first-order valence-electron chi connectivity index (χ1n) is 8.51. The molecule has 1 heterocycles. The second-order valence-electron chi connectivity index (χ2n) is 5.61. The number of rotatable bonds is 5. The van der Waals surface area contributed by atoms with Crippen LogP contribution >= 0.6 is 23.5 Å². The van der Waals surface area contributed by atoms with Crippen molar-refractivity contribution in [2.24, 2.45) is 0 Å². The highest BCUT2D eigenvalue weighted by molar-refractivity contribution is 8.24. The van der Waals surface area contributed by atoms with E-state index >= 15 is 0 Å². The highest BCUT2D eigenvalue weighted by Gasteiger charge is 2.30. The van der Waals surface area contributed by atoms with Crippen molar-refractivity contribution in [1.82, 2.24) is 0 Å². The summed E-state index contributed by atoms with van der Waals surface area (Å²) in [5, 5.41) is 0. The molecule has 150 valence electrons. The molecule has 9 heteroatoms. The number of thioether (sulfide) groups is 2. The molecule has 0 atom stereocenters. The molecule has 7 nitrogen and oxygen atoms in total. The summed E-state index contributed by atoms with van der Waals surface area (Å²) >= 11 is 2.41. The number of unbranched alkanes of at least 4 members (excludes halogenated alkanes) is 1. The van der Waals surface area contributed by atoms with E-state index in [2.05, 4.69) is 9.58 Å². The van der Waals surface area contributed by atoms with Crippen molar-refractivity contribution in [2.45, 2.75) is 36.5 Å². The molecule has 0 saturated carbocycles. The fourth-order valence-electron chi connectivity index (χ4n) is 2.08. The van der Waals surface area contributed by atoms with Crippen molar-refractivity contribution >= 4 is 41.4 Å². The molecular weight excluding hydrogens is 414 g/mol. The second-order valence-corrected chi connectivity index (χ2v) is 7.91. The molecule has 0 aromatic heterocycles. The number of hydrogen-bond acceptors (Lipinski definition) is 8. The van der Waals surface area contributed by atoms with E-state index in [1.54, 1.807) is 12.1 Å². The number of ether oxygens (including phenoxy) is 3. The number of esters is 3. The molecule has 1 aromatic carbocycles. The van der Waals surface area contributed by atoms with Gasteiger partial charge in [-0.05, 0) is 25.0 Å². The van der Waals surface area contributed by atoms with E-state index in [0.717, 1.165) is 42.2 Å². The van der Waals surface area contributed by atoms with Gasteiger partial charge in [-0.25, -0.2) is 14.4 Å². The van der Waals surface area contributed by atoms with Crippen molar-refractivity contribution in [3.8, 4) is 17.6 Å². The normalized spacial score (nSPS) is 13.3. The summed E-state index contributed by atoms with van der Waals surface area (Å²) in [5.74, 6) is 1.83. The van der Waals surface area contributed by atoms with Gasteiger partial charge in [-0.1, -0.05) is 42.9 Å². The van der Waals surface area contributed by atoms with Crippen LogP contribution in [0.25, 0.3) is 4.85 Å². The monoisotopic (exact) mass is 431 g/mol. The number of aryl methyl sites for hydroxylation is 1. The lowest BCUT2D eigenvalue weighted by molar-refractivity contribution is -0.138. The van der Waals surface area contributed by atoms with E-state index in [-0.39, 0.29) is 18.1 Å². The Balaban J connectivity index is 2.27. The molecule has 0 unspecified atom stereocenters. The van der Waals surface area contributed by atoms with E-state index in [1.165, 1.54) is 11.8 Å². The number of nitrogens with zero attached hydrogens (tertiary/aromatic N) is 1.